The molecule has 0 bridgehead atoms. The third-order valence-corrected chi connectivity index (χ3v) is 15.7. The van der Waals surface area contributed by atoms with E-state index in [1.165, 1.54) is 24.5 Å². The Morgan fingerprint density at radius 1 is 0.429 bits per heavy atom. The van der Waals surface area contributed by atoms with Crippen LogP contribution in [0.4, 0.5) is 0 Å². The van der Waals surface area contributed by atoms with Crippen LogP contribution in [0.2, 0.25) is 0 Å². The zero-order chi connectivity index (χ0) is 28.3. The van der Waals surface area contributed by atoms with Gasteiger partial charge in [-0.3, -0.25) is 0 Å². The van der Waals surface area contributed by atoms with E-state index < -0.39 is 20.7 Å². The number of hydrogen-bond donors (Lipinski definition) is 0. The maximum atomic E-state index is 14.1. The molecule has 0 spiro atoms. The van der Waals surface area contributed by atoms with Crippen molar-refractivity contribution in [3.63, 3.8) is 0 Å². The van der Waals surface area contributed by atoms with Crippen LogP contribution in [-0.4, -0.2) is 8.42 Å². The first-order valence-electron chi connectivity index (χ1n) is 13.6. The Balaban J connectivity index is 1.30. The number of fused-ring (bicyclic) bond motifs is 4. The van der Waals surface area contributed by atoms with Gasteiger partial charge < -0.3 is 0 Å². The molecule has 0 saturated carbocycles. The Morgan fingerprint density at radius 3 is 1.69 bits per heavy atom. The molecular weight excluding hydrogens is 593 g/mol. The summed E-state index contributed by atoms with van der Waals surface area (Å²) in [7, 11) is -4.44. The largest absolute Gasteiger partial charge is 0.218 e. The molecule has 6 heteroatoms. The molecule has 2 heterocycles. The topological polar surface area (TPSA) is 34.1 Å². The molecule has 0 fully saturated rings. The van der Waals surface area contributed by atoms with Crippen LogP contribution in [0.3, 0.4) is 0 Å². The summed E-state index contributed by atoms with van der Waals surface area (Å²) in [5, 5.41) is 0. The lowest BCUT2D eigenvalue weighted by molar-refractivity contribution is 0.590. The van der Waals surface area contributed by atoms with E-state index in [4.69, 9.17) is 0 Å². The number of rotatable bonds is 3. The predicted octanol–water partition coefficient (Wildman–Crippen LogP) is 9.16. The van der Waals surface area contributed by atoms with Crippen molar-refractivity contribution in [1.82, 2.24) is 0 Å². The van der Waals surface area contributed by atoms with Gasteiger partial charge in [0, 0.05) is 6.07 Å². The van der Waals surface area contributed by atoms with Gasteiger partial charge in [-0.25, -0.2) is 8.42 Å². The zero-order valence-corrected chi connectivity index (χ0v) is 25.6. The SMILES string of the molecule is O=S1(=O)c2ccccc2[S+](c2ccccc2)c2ccc(-c3ccc4c(c3)[S+](c3ccccc3)c3ccccc3S4)cc21. The number of sulfone groups is 1. The summed E-state index contributed by atoms with van der Waals surface area (Å²) in [6.07, 6.45) is 0. The van der Waals surface area contributed by atoms with Gasteiger partial charge in [0.1, 0.15) is 31.6 Å². The monoisotopic (exact) mass is 616 g/mol. The minimum Gasteiger partial charge on any atom is -0.218 e. The summed E-state index contributed by atoms with van der Waals surface area (Å²) in [4.78, 5) is 10.1. The van der Waals surface area contributed by atoms with Gasteiger partial charge in [0.25, 0.3) is 0 Å². The van der Waals surface area contributed by atoms with E-state index in [0.717, 1.165) is 25.8 Å². The van der Waals surface area contributed by atoms with E-state index in [2.05, 4.69) is 91.0 Å². The summed E-state index contributed by atoms with van der Waals surface area (Å²) >= 11 is 1.81. The molecule has 2 unspecified atom stereocenters. The molecule has 2 aliphatic heterocycles. The maximum absolute atomic E-state index is 14.1. The van der Waals surface area contributed by atoms with Crippen molar-refractivity contribution < 1.29 is 8.42 Å². The molecule has 2 nitrogen and oxygen atoms in total. The third-order valence-electron chi connectivity index (χ3n) is 7.56. The lowest BCUT2D eigenvalue weighted by Gasteiger charge is -2.21. The molecule has 42 heavy (non-hydrogen) atoms. The van der Waals surface area contributed by atoms with Crippen LogP contribution in [0.5, 0.6) is 0 Å². The van der Waals surface area contributed by atoms with Crippen molar-refractivity contribution >= 4 is 43.4 Å². The molecule has 0 saturated heterocycles. The van der Waals surface area contributed by atoms with Gasteiger partial charge in [0.05, 0.1) is 9.79 Å². The van der Waals surface area contributed by atoms with Crippen LogP contribution in [0.1, 0.15) is 0 Å². The molecule has 0 radical (unpaired) electrons. The fraction of sp³-hybridized carbons (Fsp3) is 0. The average molecular weight is 617 g/mol. The summed E-state index contributed by atoms with van der Waals surface area (Å²) < 4.78 is 28.1. The Hall–Kier alpha value is -3.68. The highest BCUT2D eigenvalue weighted by molar-refractivity contribution is 8.04. The fourth-order valence-corrected chi connectivity index (χ4v) is 14.1. The van der Waals surface area contributed by atoms with Gasteiger partial charge in [-0.1, -0.05) is 78.5 Å². The Bertz CT molecular complexity index is 2090. The van der Waals surface area contributed by atoms with Crippen molar-refractivity contribution in [2.45, 2.75) is 49.0 Å². The fourth-order valence-electron chi connectivity index (χ4n) is 5.64. The van der Waals surface area contributed by atoms with Gasteiger partial charge in [0.15, 0.2) is 29.4 Å². The molecule has 6 aromatic carbocycles. The van der Waals surface area contributed by atoms with Crippen LogP contribution >= 0.6 is 11.8 Å². The van der Waals surface area contributed by atoms with Crippen LogP contribution in [0.15, 0.2) is 195 Å². The summed E-state index contributed by atoms with van der Waals surface area (Å²) in [5.41, 5.74) is 1.94. The number of benzene rings is 6. The molecule has 6 aromatic rings. The van der Waals surface area contributed by atoms with Crippen LogP contribution in [0.25, 0.3) is 11.1 Å². The lowest BCUT2D eigenvalue weighted by atomic mass is 10.1. The zero-order valence-electron chi connectivity index (χ0n) is 22.3. The second-order valence-electron chi connectivity index (χ2n) is 10.1. The molecule has 8 rings (SSSR count). The molecular formula is C36H24O2S4+2. The Kier molecular flexibility index (Phi) is 6.34. The van der Waals surface area contributed by atoms with E-state index in [1.54, 1.807) is 6.07 Å². The Labute approximate surface area is 256 Å². The first-order valence-corrected chi connectivity index (χ1v) is 18.3. The molecule has 2 atom stereocenters. The maximum Gasteiger partial charge on any atom is 0.216 e. The van der Waals surface area contributed by atoms with Crippen molar-refractivity contribution in [2.24, 2.45) is 0 Å². The first kappa shape index (κ1) is 26.0. The summed E-state index contributed by atoms with van der Waals surface area (Å²) in [6.45, 7) is 0. The highest BCUT2D eigenvalue weighted by Crippen LogP contribution is 2.50. The molecule has 0 aliphatic carbocycles. The van der Waals surface area contributed by atoms with Crippen LogP contribution < -0.4 is 0 Å². The standard InChI is InChI=1S/C36H24O2S4/c37-42(38)35-18-10-9-17-32(35)41(28-13-5-2-6-14-28)33-22-20-26(24-36(33)42)25-19-21-30-34(23-25)40(27-11-3-1-4-12-27)31-16-8-7-15-29(31)39-30/h1-24H/q+2. The summed E-state index contributed by atoms with van der Waals surface area (Å²) in [5.74, 6) is 0. The van der Waals surface area contributed by atoms with Crippen molar-refractivity contribution in [3.8, 4) is 11.1 Å². The van der Waals surface area contributed by atoms with Crippen molar-refractivity contribution in [2.75, 3.05) is 0 Å². The van der Waals surface area contributed by atoms with E-state index in [1.807, 2.05) is 60.3 Å². The Morgan fingerprint density at radius 2 is 0.952 bits per heavy atom. The predicted molar refractivity (Wildman–Crippen MR) is 172 cm³/mol. The normalized spacial score (nSPS) is 17.8. The van der Waals surface area contributed by atoms with Gasteiger partial charge in [-0.15, -0.1) is 0 Å². The highest BCUT2D eigenvalue weighted by atomic mass is 32.2. The smallest absolute Gasteiger partial charge is 0.216 e. The minimum absolute atomic E-state index is 0.257. The highest BCUT2D eigenvalue weighted by Gasteiger charge is 2.45. The van der Waals surface area contributed by atoms with Crippen molar-refractivity contribution in [1.29, 1.82) is 0 Å². The van der Waals surface area contributed by atoms with E-state index in [0.29, 0.717) is 9.79 Å². The molecule has 0 amide bonds. The van der Waals surface area contributed by atoms with Gasteiger partial charge >= 0.3 is 0 Å². The van der Waals surface area contributed by atoms with E-state index in [-0.39, 0.29) is 10.9 Å². The van der Waals surface area contributed by atoms with Gasteiger partial charge in [0.2, 0.25) is 9.84 Å². The molecule has 2 aliphatic rings. The van der Waals surface area contributed by atoms with Crippen LogP contribution in [0, 0.1) is 0 Å². The van der Waals surface area contributed by atoms with E-state index >= 15 is 0 Å². The third kappa shape index (κ3) is 4.16. The number of hydrogen-bond acceptors (Lipinski definition) is 3. The van der Waals surface area contributed by atoms with E-state index in [9.17, 15) is 8.42 Å². The van der Waals surface area contributed by atoms with Crippen molar-refractivity contribution in [3.05, 3.63) is 146 Å². The average Bonchev–Trinajstić information content (AvgIpc) is 3.04. The van der Waals surface area contributed by atoms with Gasteiger partial charge in [-0.05, 0) is 83.9 Å². The minimum atomic E-state index is -3.68. The van der Waals surface area contributed by atoms with Gasteiger partial charge in [-0.2, -0.15) is 0 Å². The quantitative estimate of drug-likeness (QED) is 0.186. The molecule has 0 N–H and O–H groups in total. The lowest BCUT2D eigenvalue weighted by Crippen LogP contribution is -2.20. The molecule has 0 aromatic heterocycles. The second-order valence-corrected chi connectivity index (χ2v) is 17.0. The second kappa shape index (κ2) is 10.2. The molecule has 202 valence electrons. The first-order chi connectivity index (χ1) is 20.6. The summed E-state index contributed by atoms with van der Waals surface area (Å²) in [6, 6.07) is 49.7. The van der Waals surface area contributed by atoms with Crippen LogP contribution in [-0.2, 0) is 31.6 Å².